The molecule has 3 rings (SSSR count). The van der Waals surface area contributed by atoms with E-state index in [9.17, 15) is 0 Å². The van der Waals surface area contributed by atoms with Gasteiger partial charge in [0.25, 0.3) is 0 Å². The standard InChI is InChI=1S/C16H18P/c1-3-12-17(2)15-10-6-4-8-13(15)14-9-5-7-11-16(14)17/h4-11H,3,12H2,1-2H3/q+1. The van der Waals surface area contributed by atoms with Crippen molar-refractivity contribution < 1.29 is 0 Å². The van der Waals surface area contributed by atoms with Crippen molar-refractivity contribution in [3.63, 3.8) is 0 Å². The lowest BCUT2D eigenvalue weighted by molar-refractivity contribution is 1.09. The second-order valence-electron chi connectivity index (χ2n) is 4.95. The minimum atomic E-state index is -1.10. The highest BCUT2D eigenvalue weighted by molar-refractivity contribution is 7.90. The molecule has 0 atom stereocenters. The van der Waals surface area contributed by atoms with Gasteiger partial charge in [-0.1, -0.05) is 43.3 Å². The first-order valence-electron chi connectivity index (χ1n) is 6.32. The molecule has 0 unspecified atom stereocenters. The Morgan fingerprint density at radius 3 is 1.76 bits per heavy atom. The van der Waals surface area contributed by atoms with Crippen LogP contribution in [0.5, 0.6) is 0 Å². The van der Waals surface area contributed by atoms with Crippen LogP contribution >= 0.6 is 7.26 Å². The monoisotopic (exact) mass is 241 g/mol. The van der Waals surface area contributed by atoms with Crippen molar-refractivity contribution in [3.8, 4) is 11.1 Å². The maximum absolute atomic E-state index is 2.50. The van der Waals surface area contributed by atoms with E-state index in [1.807, 2.05) is 0 Å². The molecule has 1 heteroatoms. The van der Waals surface area contributed by atoms with Gasteiger partial charge in [-0.3, -0.25) is 0 Å². The Morgan fingerprint density at radius 2 is 1.29 bits per heavy atom. The largest absolute Gasteiger partial charge is 0.107 e. The highest BCUT2D eigenvalue weighted by Crippen LogP contribution is 2.60. The van der Waals surface area contributed by atoms with Gasteiger partial charge >= 0.3 is 0 Å². The first-order chi connectivity index (χ1) is 8.27. The van der Waals surface area contributed by atoms with Crippen LogP contribution in [-0.2, 0) is 0 Å². The average molecular weight is 241 g/mol. The van der Waals surface area contributed by atoms with Crippen molar-refractivity contribution in [1.29, 1.82) is 0 Å². The molecule has 0 spiro atoms. The maximum Gasteiger partial charge on any atom is 0.107 e. The normalized spacial score (nSPS) is 15.4. The molecule has 86 valence electrons. The van der Waals surface area contributed by atoms with E-state index in [0.717, 1.165) is 0 Å². The van der Waals surface area contributed by atoms with Gasteiger partial charge in [-0.05, 0) is 18.6 Å². The van der Waals surface area contributed by atoms with E-state index in [2.05, 4.69) is 62.1 Å². The van der Waals surface area contributed by atoms with Gasteiger partial charge < -0.3 is 0 Å². The minimum Gasteiger partial charge on any atom is -0.0619 e. The van der Waals surface area contributed by atoms with E-state index in [1.54, 1.807) is 10.6 Å². The van der Waals surface area contributed by atoms with Gasteiger partial charge in [-0.2, -0.15) is 0 Å². The van der Waals surface area contributed by atoms with Crippen LogP contribution in [0.3, 0.4) is 0 Å². The Kier molecular flexibility index (Phi) is 2.56. The molecule has 1 heterocycles. The summed E-state index contributed by atoms with van der Waals surface area (Å²) in [5, 5.41) is 3.23. The second kappa shape index (κ2) is 3.96. The predicted octanol–water partition coefficient (Wildman–Crippen LogP) is 3.68. The van der Waals surface area contributed by atoms with E-state index in [0.29, 0.717) is 0 Å². The molecule has 0 aromatic heterocycles. The molecular weight excluding hydrogens is 223 g/mol. The maximum atomic E-state index is 2.50. The molecule has 17 heavy (non-hydrogen) atoms. The highest BCUT2D eigenvalue weighted by Gasteiger charge is 2.45. The Bertz CT molecular complexity index is 511. The molecule has 0 N–H and O–H groups in total. The minimum absolute atomic E-state index is 1.10. The van der Waals surface area contributed by atoms with E-state index in [4.69, 9.17) is 0 Å². The molecule has 0 fully saturated rings. The zero-order valence-corrected chi connectivity index (χ0v) is 11.4. The second-order valence-corrected chi connectivity index (χ2v) is 8.74. The topological polar surface area (TPSA) is 0 Å². The summed E-state index contributed by atoms with van der Waals surface area (Å²) < 4.78 is 0. The summed E-state index contributed by atoms with van der Waals surface area (Å²) in [6.45, 7) is 4.80. The molecule has 2 aromatic carbocycles. The summed E-state index contributed by atoms with van der Waals surface area (Å²) >= 11 is 0. The third-order valence-corrected chi connectivity index (χ3v) is 8.08. The first-order valence-corrected chi connectivity index (χ1v) is 8.74. The summed E-state index contributed by atoms with van der Waals surface area (Å²) in [6.07, 6.45) is 2.61. The smallest absolute Gasteiger partial charge is 0.0619 e. The molecular formula is C16H18P+. The summed E-state index contributed by atoms with van der Waals surface area (Å²) in [4.78, 5) is 0. The van der Waals surface area contributed by atoms with Gasteiger partial charge in [0.1, 0.15) is 10.6 Å². The third-order valence-electron chi connectivity index (χ3n) is 3.83. The fourth-order valence-corrected chi connectivity index (χ4v) is 7.00. The quantitative estimate of drug-likeness (QED) is 0.704. The van der Waals surface area contributed by atoms with Crippen LogP contribution in [0.25, 0.3) is 11.1 Å². The van der Waals surface area contributed by atoms with E-state index in [1.165, 1.54) is 23.7 Å². The summed E-state index contributed by atoms with van der Waals surface area (Å²) in [5.74, 6) is 0. The zero-order valence-electron chi connectivity index (χ0n) is 10.5. The van der Waals surface area contributed by atoms with Crippen molar-refractivity contribution in [2.45, 2.75) is 13.3 Å². The first kappa shape index (κ1) is 11.0. The van der Waals surface area contributed by atoms with Crippen molar-refractivity contribution in [3.05, 3.63) is 48.5 Å². The molecule has 0 nitrogen and oxygen atoms in total. The zero-order chi connectivity index (χ0) is 11.9. The number of rotatable bonds is 2. The number of benzene rings is 2. The molecule has 1 aliphatic heterocycles. The van der Waals surface area contributed by atoms with Gasteiger partial charge in [-0.25, -0.2) is 0 Å². The third kappa shape index (κ3) is 1.47. The van der Waals surface area contributed by atoms with Crippen LogP contribution in [0.2, 0.25) is 0 Å². The lowest BCUT2D eigenvalue weighted by atomic mass is 10.1. The van der Waals surface area contributed by atoms with Crippen molar-refractivity contribution >= 4 is 17.9 Å². The lowest BCUT2D eigenvalue weighted by Crippen LogP contribution is -2.18. The average Bonchev–Trinajstić information content (AvgIpc) is 2.62. The van der Waals surface area contributed by atoms with E-state index in [-0.39, 0.29) is 0 Å². The molecule has 0 saturated heterocycles. The van der Waals surface area contributed by atoms with E-state index < -0.39 is 7.26 Å². The summed E-state index contributed by atoms with van der Waals surface area (Å²) in [6, 6.07) is 18.0. The van der Waals surface area contributed by atoms with Gasteiger partial charge in [0.05, 0.1) is 20.1 Å². The molecule has 0 aliphatic carbocycles. The molecule has 2 aromatic rings. The van der Waals surface area contributed by atoms with E-state index >= 15 is 0 Å². The van der Waals surface area contributed by atoms with Crippen LogP contribution in [0.4, 0.5) is 0 Å². The molecule has 0 bridgehead atoms. The number of hydrogen-bond donors (Lipinski definition) is 0. The summed E-state index contributed by atoms with van der Waals surface area (Å²) in [7, 11) is -1.10. The van der Waals surface area contributed by atoms with Crippen molar-refractivity contribution in [1.82, 2.24) is 0 Å². The van der Waals surface area contributed by atoms with Crippen LogP contribution in [-0.4, -0.2) is 12.8 Å². The van der Waals surface area contributed by atoms with Crippen LogP contribution < -0.4 is 10.6 Å². The molecule has 0 amide bonds. The molecule has 0 saturated carbocycles. The Labute approximate surface area is 104 Å². The van der Waals surface area contributed by atoms with Crippen LogP contribution in [0.1, 0.15) is 13.3 Å². The Morgan fingerprint density at radius 1 is 0.824 bits per heavy atom. The van der Waals surface area contributed by atoms with Crippen molar-refractivity contribution in [2.75, 3.05) is 12.8 Å². The lowest BCUT2D eigenvalue weighted by Gasteiger charge is -2.18. The number of hydrogen-bond acceptors (Lipinski definition) is 0. The number of fused-ring (bicyclic) bond motifs is 3. The van der Waals surface area contributed by atoms with Crippen LogP contribution in [0.15, 0.2) is 48.5 Å². The van der Waals surface area contributed by atoms with Crippen LogP contribution in [0, 0.1) is 0 Å². The van der Waals surface area contributed by atoms with Gasteiger partial charge in [0.15, 0.2) is 0 Å². The molecule has 0 radical (unpaired) electrons. The highest BCUT2D eigenvalue weighted by atomic mass is 31.2. The molecule has 1 aliphatic rings. The fraction of sp³-hybridized carbons (Fsp3) is 0.250. The Balaban J connectivity index is 2.31. The van der Waals surface area contributed by atoms with Gasteiger partial charge in [0, 0.05) is 11.1 Å². The van der Waals surface area contributed by atoms with Crippen molar-refractivity contribution in [2.24, 2.45) is 0 Å². The SMILES string of the molecule is CCC[P+]1(C)c2ccccc2-c2ccccc21. The predicted molar refractivity (Wildman–Crippen MR) is 79.1 cm³/mol. The van der Waals surface area contributed by atoms with Gasteiger partial charge in [0.2, 0.25) is 0 Å². The Hall–Kier alpha value is -1.13. The fourth-order valence-electron chi connectivity index (χ4n) is 3.08. The summed E-state index contributed by atoms with van der Waals surface area (Å²) in [5.41, 5.74) is 2.96. The van der Waals surface area contributed by atoms with Gasteiger partial charge in [-0.15, -0.1) is 0 Å².